The molecule has 232 valence electrons. The van der Waals surface area contributed by atoms with Crippen molar-refractivity contribution < 1.29 is 8.78 Å². The average molecular weight is 615 g/mol. The van der Waals surface area contributed by atoms with Gasteiger partial charge in [-0.2, -0.15) is 5.26 Å². The van der Waals surface area contributed by atoms with Gasteiger partial charge in [0.2, 0.25) is 0 Å². The van der Waals surface area contributed by atoms with Crippen molar-refractivity contribution in [1.82, 2.24) is 19.1 Å². The van der Waals surface area contributed by atoms with E-state index in [1.807, 2.05) is 67.3 Å². The third-order valence-corrected chi connectivity index (χ3v) is 7.80. The van der Waals surface area contributed by atoms with Crippen LogP contribution in [0.3, 0.4) is 0 Å². The number of nitrogens with two attached hydrogens (primary N) is 1. The molecule has 2 N–H and O–H groups in total. The first-order valence-electron chi connectivity index (χ1n) is 15.3. The fourth-order valence-electron chi connectivity index (χ4n) is 5.40. The zero-order chi connectivity index (χ0) is 32.1. The summed E-state index contributed by atoms with van der Waals surface area (Å²) in [5, 5.41) is 8.98. The van der Waals surface area contributed by atoms with E-state index in [1.54, 1.807) is 18.5 Å². The van der Waals surface area contributed by atoms with Gasteiger partial charge in [-0.3, -0.25) is 0 Å². The van der Waals surface area contributed by atoms with Gasteiger partial charge in [0, 0.05) is 24.2 Å². The predicted octanol–water partition coefficient (Wildman–Crippen LogP) is 7.43. The van der Waals surface area contributed by atoms with Gasteiger partial charge in [-0.15, -0.1) is 0 Å². The molecule has 0 spiro atoms. The summed E-state index contributed by atoms with van der Waals surface area (Å²) in [5.41, 5.74) is 14.4. The summed E-state index contributed by atoms with van der Waals surface area (Å²) in [6.45, 7) is 2.18. The Balaban J connectivity index is 0.000000181. The summed E-state index contributed by atoms with van der Waals surface area (Å²) in [7, 11) is 0. The Labute approximate surface area is 268 Å². The van der Waals surface area contributed by atoms with Gasteiger partial charge in [-0.1, -0.05) is 72.8 Å². The lowest BCUT2D eigenvalue weighted by Crippen LogP contribution is -2.06. The number of imidazole rings is 2. The molecule has 2 aromatic heterocycles. The Kier molecular flexibility index (Phi) is 11.2. The van der Waals surface area contributed by atoms with Gasteiger partial charge >= 0.3 is 0 Å². The molecule has 6 nitrogen and oxygen atoms in total. The molecule has 0 radical (unpaired) electrons. The smallest absolute Gasteiger partial charge is 0.123 e. The standard InChI is InChI=1S/C19H20FN3.C19H16FN3/c2*20-17-7-5-15(6-8-17)10-12-23-14-22-13-19(23)18-4-2-1-3-16(18)9-11-21/h1-8,13-14H,9-12,21H2;1-8,13-14H,9-10,12H2. The minimum Gasteiger partial charge on any atom is -0.330 e. The molecular weight excluding hydrogens is 578 g/mol. The summed E-state index contributed by atoms with van der Waals surface area (Å²) in [4.78, 5) is 8.54. The quantitative estimate of drug-likeness (QED) is 0.165. The molecule has 46 heavy (non-hydrogen) atoms. The number of aromatic nitrogens is 4. The molecule has 0 saturated heterocycles. The van der Waals surface area contributed by atoms with Crippen LogP contribution >= 0.6 is 0 Å². The van der Waals surface area contributed by atoms with Crippen molar-refractivity contribution in [2.75, 3.05) is 6.54 Å². The Morgan fingerprint density at radius 2 is 1.07 bits per heavy atom. The minimum absolute atomic E-state index is 0.201. The van der Waals surface area contributed by atoms with Gasteiger partial charge in [-0.05, 0) is 72.3 Å². The molecule has 2 heterocycles. The Morgan fingerprint density at radius 3 is 1.54 bits per heavy atom. The van der Waals surface area contributed by atoms with Crippen LogP contribution in [0.5, 0.6) is 0 Å². The second kappa shape index (κ2) is 16.1. The highest BCUT2D eigenvalue weighted by Crippen LogP contribution is 2.25. The Morgan fingerprint density at radius 1 is 0.609 bits per heavy atom. The third-order valence-electron chi connectivity index (χ3n) is 7.80. The number of rotatable bonds is 11. The zero-order valence-electron chi connectivity index (χ0n) is 25.6. The second-order valence-corrected chi connectivity index (χ2v) is 10.9. The monoisotopic (exact) mass is 614 g/mol. The lowest BCUT2D eigenvalue weighted by atomic mass is 10.0. The molecule has 8 heteroatoms. The van der Waals surface area contributed by atoms with E-state index in [0.717, 1.165) is 66.0 Å². The van der Waals surface area contributed by atoms with Gasteiger partial charge in [0.25, 0.3) is 0 Å². The molecule has 0 amide bonds. The Bertz CT molecular complexity index is 1870. The van der Waals surface area contributed by atoms with Crippen molar-refractivity contribution in [2.24, 2.45) is 5.73 Å². The molecule has 0 fully saturated rings. The lowest BCUT2D eigenvalue weighted by molar-refractivity contribution is 0.625. The van der Waals surface area contributed by atoms with Crippen LogP contribution in [0.2, 0.25) is 0 Å². The SMILES string of the molecule is N#CCc1ccccc1-c1cncn1CCc1ccc(F)cc1.NCCc1ccccc1-c1cncn1CCc1ccc(F)cc1. The summed E-state index contributed by atoms with van der Waals surface area (Å²) >= 11 is 0. The predicted molar refractivity (Wildman–Crippen MR) is 178 cm³/mol. The van der Waals surface area contributed by atoms with Gasteiger partial charge in [0.1, 0.15) is 11.6 Å². The molecule has 6 aromatic rings. The van der Waals surface area contributed by atoms with E-state index in [2.05, 4.69) is 37.3 Å². The van der Waals surface area contributed by atoms with Crippen LogP contribution in [-0.4, -0.2) is 25.6 Å². The molecule has 6 rings (SSSR count). The van der Waals surface area contributed by atoms with Crippen molar-refractivity contribution >= 4 is 0 Å². The maximum absolute atomic E-state index is 13.0. The molecule has 0 aliphatic heterocycles. The molecule has 0 aliphatic rings. The second-order valence-electron chi connectivity index (χ2n) is 10.9. The number of nitrogens with zero attached hydrogens (tertiary/aromatic N) is 5. The van der Waals surface area contributed by atoms with Crippen LogP contribution < -0.4 is 5.73 Å². The van der Waals surface area contributed by atoms with Crippen molar-refractivity contribution in [1.29, 1.82) is 5.26 Å². The van der Waals surface area contributed by atoms with Crippen molar-refractivity contribution in [3.8, 4) is 28.6 Å². The molecule has 4 aromatic carbocycles. The van der Waals surface area contributed by atoms with Crippen molar-refractivity contribution in [2.45, 2.75) is 38.8 Å². The minimum atomic E-state index is -0.220. The number of hydrogen-bond donors (Lipinski definition) is 1. The topological polar surface area (TPSA) is 85.4 Å². The molecule has 0 aliphatic carbocycles. The van der Waals surface area contributed by atoms with E-state index in [1.165, 1.54) is 35.4 Å². The van der Waals surface area contributed by atoms with E-state index in [0.29, 0.717) is 13.0 Å². The van der Waals surface area contributed by atoms with E-state index >= 15 is 0 Å². The number of aryl methyl sites for hydroxylation is 4. The fourth-order valence-corrected chi connectivity index (χ4v) is 5.40. The molecule has 0 bridgehead atoms. The number of nitriles is 1. The first-order chi connectivity index (χ1) is 22.6. The average Bonchev–Trinajstić information content (AvgIpc) is 3.75. The first kappa shape index (κ1) is 32.0. The van der Waals surface area contributed by atoms with Crippen molar-refractivity contribution in [3.05, 3.63) is 156 Å². The summed E-state index contributed by atoms with van der Waals surface area (Å²) in [6, 6.07) is 31.6. The van der Waals surface area contributed by atoms with E-state index in [4.69, 9.17) is 11.0 Å². The molecule has 0 atom stereocenters. The largest absolute Gasteiger partial charge is 0.330 e. The fraction of sp³-hybridized carbons (Fsp3) is 0.184. The highest BCUT2D eigenvalue weighted by atomic mass is 19.1. The van der Waals surface area contributed by atoms with Gasteiger partial charge in [0.15, 0.2) is 0 Å². The van der Waals surface area contributed by atoms with E-state index < -0.39 is 0 Å². The third kappa shape index (κ3) is 8.40. The normalized spacial score (nSPS) is 10.7. The van der Waals surface area contributed by atoms with Crippen LogP contribution in [0.25, 0.3) is 22.5 Å². The molecular formula is C38H36F2N6. The van der Waals surface area contributed by atoms with Crippen molar-refractivity contribution in [3.63, 3.8) is 0 Å². The Hall–Kier alpha value is -5.39. The lowest BCUT2D eigenvalue weighted by Gasteiger charge is -2.12. The maximum atomic E-state index is 13.0. The van der Waals surface area contributed by atoms with Gasteiger partial charge < -0.3 is 14.9 Å². The van der Waals surface area contributed by atoms with E-state index in [-0.39, 0.29) is 11.6 Å². The zero-order valence-corrected chi connectivity index (χ0v) is 25.6. The number of benzene rings is 4. The van der Waals surface area contributed by atoms with Crippen LogP contribution in [0.15, 0.2) is 122 Å². The summed E-state index contributed by atoms with van der Waals surface area (Å²) in [6.07, 6.45) is 10.2. The first-order valence-corrected chi connectivity index (χ1v) is 15.3. The highest BCUT2D eigenvalue weighted by molar-refractivity contribution is 5.64. The number of halogens is 2. The van der Waals surface area contributed by atoms with Crippen LogP contribution in [0.4, 0.5) is 8.78 Å². The van der Waals surface area contributed by atoms with Crippen LogP contribution in [0, 0.1) is 23.0 Å². The molecule has 0 saturated carbocycles. The summed E-state index contributed by atoms with van der Waals surface area (Å²) < 4.78 is 30.1. The highest BCUT2D eigenvalue weighted by Gasteiger charge is 2.11. The molecule has 0 unspecified atom stereocenters. The van der Waals surface area contributed by atoms with Gasteiger partial charge in [0.05, 0.1) is 48.9 Å². The van der Waals surface area contributed by atoms with Crippen LogP contribution in [0.1, 0.15) is 22.3 Å². The summed E-state index contributed by atoms with van der Waals surface area (Å²) in [5.74, 6) is -0.421. The number of hydrogen-bond acceptors (Lipinski definition) is 4. The van der Waals surface area contributed by atoms with Gasteiger partial charge in [-0.25, -0.2) is 18.7 Å². The maximum Gasteiger partial charge on any atom is 0.123 e. The van der Waals surface area contributed by atoms with E-state index in [9.17, 15) is 8.78 Å². The van der Waals surface area contributed by atoms with Crippen LogP contribution in [-0.2, 0) is 38.8 Å².